The molecule has 1 atom stereocenters. The molecule has 4 rings (SSSR count). The van der Waals surface area contributed by atoms with Crippen LogP contribution in [0.2, 0.25) is 0 Å². The number of fused-ring (bicyclic) bond motifs is 1. The SMILES string of the molecule is O=C1c2ccccc2N[C@@H](c2cccc(Br)c2)N1c1ccccc1. The number of nitrogens with one attached hydrogen (secondary N) is 1. The Kier molecular flexibility index (Phi) is 3.82. The number of anilines is 2. The molecule has 0 unspecified atom stereocenters. The molecule has 0 aromatic heterocycles. The summed E-state index contributed by atoms with van der Waals surface area (Å²) in [6.45, 7) is 0. The van der Waals surface area contributed by atoms with E-state index in [-0.39, 0.29) is 12.1 Å². The maximum atomic E-state index is 13.2. The summed E-state index contributed by atoms with van der Waals surface area (Å²) in [4.78, 5) is 15.0. The van der Waals surface area contributed by atoms with E-state index in [4.69, 9.17) is 0 Å². The molecule has 1 heterocycles. The van der Waals surface area contributed by atoms with E-state index in [1.165, 1.54) is 0 Å². The van der Waals surface area contributed by atoms with Gasteiger partial charge >= 0.3 is 0 Å². The molecule has 3 nitrogen and oxygen atoms in total. The maximum absolute atomic E-state index is 13.2. The minimum absolute atomic E-state index is 0.000487. The lowest BCUT2D eigenvalue weighted by molar-refractivity contribution is 0.0975. The standard InChI is InChI=1S/C20H15BrN2O/c21-15-8-6-7-14(13-15)19-22-18-12-5-4-11-17(18)20(24)23(19)16-9-2-1-3-10-16/h1-13,19,22H/t19-/m1/s1. The lowest BCUT2D eigenvalue weighted by Crippen LogP contribution is -2.43. The fraction of sp³-hybridized carbons (Fsp3) is 0.0500. The smallest absolute Gasteiger partial charge is 0.262 e. The molecule has 1 aliphatic rings. The van der Waals surface area contributed by atoms with Crippen molar-refractivity contribution in [2.24, 2.45) is 0 Å². The molecule has 3 aromatic rings. The molecule has 0 saturated heterocycles. The summed E-state index contributed by atoms with van der Waals surface area (Å²) in [5.41, 5.74) is 3.44. The normalized spacial score (nSPS) is 16.5. The number of hydrogen-bond acceptors (Lipinski definition) is 2. The largest absolute Gasteiger partial charge is 0.360 e. The van der Waals surface area contributed by atoms with E-state index in [0.717, 1.165) is 21.4 Å². The highest BCUT2D eigenvalue weighted by atomic mass is 79.9. The van der Waals surface area contributed by atoms with Gasteiger partial charge in [-0.25, -0.2) is 0 Å². The van der Waals surface area contributed by atoms with Crippen molar-refractivity contribution in [1.29, 1.82) is 0 Å². The summed E-state index contributed by atoms with van der Waals surface area (Å²) in [5, 5.41) is 3.50. The molecule has 1 N–H and O–H groups in total. The first kappa shape index (κ1) is 15.0. The number of hydrogen-bond donors (Lipinski definition) is 1. The summed E-state index contributed by atoms with van der Waals surface area (Å²) < 4.78 is 0.987. The highest BCUT2D eigenvalue weighted by molar-refractivity contribution is 9.10. The Bertz CT molecular complexity index is 895. The van der Waals surface area contributed by atoms with E-state index >= 15 is 0 Å². The van der Waals surface area contributed by atoms with Crippen LogP contribution < -0.4 is 10.2 Å². The van der Waals surface area contributed by atoms with Gasteiger partial charge in [0.2, 0.25) is 0 Å². The van der Waals surface area contributed by atoms with Gasteiger partial charge in [0.25, 0.3) is 5.91 Å². The lowest BCUT2D eigenvalue weighted by Gasteiger charge is -2.38. The second kappa shape index (κ2) is 6.13. The Morgan fingerprint density at radius 2 is 1.62 bits per heavy atom. The molecule has 0 bridgehead atoms. The van der Waals surface area contributed by atoms with Crippen LogP contribution in [0.4, 0.5) is 11.4 Å². The van der Waals surface area contributed by atoms with E-state index in [2.05, 4.69) is 21.2 Å². The molecule has 0 saturated carbocycles. The van der Waals surface area contributed by atoms with Gasteiger partial charge in [0.15, 0.2) is 0 Å². The monoisotopic (exact) mass is 378 g/mol. The zero-order valence-electron chi connectivity index (χ0n) is 12.8. The fourth-order valence-corrected chi connectivity index (χ4v) is 3.44. The highest BCUT2D eigenvalue weighted by Gasteiger charge is 2.33. The summed E-state index contributed by atoms with van der Waals surface area (Å²) in [6, 6.07) is 25.4. The van der Waals surface area contributed by atoms with Crippen LogP contribution in [0.1, 0.15) is 22.1 Å². The van der Waals surface area contributed by atoms with Crippen LogP contribution in [0.5, 0.6) is 0 Å². The third kappa shape index (κ3) is 2.59. The fourth-order valence-electron chi connectivity index (χ4n) is 3.02. The van der Waals surface area contributed by atoms with Crippen molar-refractivity contribution >= 4 is 33.2 Å². The van der Waals surface area contributed by atoms with Crippen LogP contribution in [0.15, 0.2) is 83.3 Å². The van der Waals surface area contributed by atoms with E-state index in [0.29, 0.717) is 5.56 Å². The molecule has 3 aromatic carbocycles. The minimum atomic E-state index is -0.257. The lowest BCUT2D eigenvalue weighted by atomic mass is 10.0. The molecular weight excluding hydrogens is 364 g/mol. The first-order valence-electron chi connectivity index (χ1n) is 7.74. The highest BCUT2D eigenvalue weighted by Crippen LogP contribution is 2.36. The van der Waals surface area contributed by atoms with Gasteiger partial charge in [-0.05, 0) is 42.0 Å². The van der Waals surface area contributed by atoms with Crippen LogP contribution in [0.3, 0.4) is 0 Å². The van der Waals surface area contributed by atoms with Gasteiger partial charge in [-0.2, -0.15) is 0 Å². The van der Waals surface area contributed by atoms with Crippen LogP contribution in [-0.4, -0.2) is 5.91 Å². The Morgan fingerprint density at radius 3 is 2.42 bits per heavy atom. The number of amides is 1. The number of benzene rings is 3. The average molecular weight is 379 g/mol. The quantitative estimate of drug-likeness (QED) is 0.662. The van der Waals surface area contributed by atoms with Crippen molar-refractivity contribution in [1.82, 2.24) is 0 Å². The number of para-hydroxylation sites is 2. The summed E-state index contributed by atoms with van der Waals surface area (Å²) in [7, 11) is 0. The van der Waals surface area contributed by atoms with E-state index in [9.17, 15) is 4.79 Å². The zero-order valence-corrected chi connectivity index (χ0v) is 14.4. The molecule has 1 aliphatic heterocycles. The zero-order chi connectivity index (χ0) is 16.5. The molecular formula is C20H15BrN2O. The van der Waals surface area contributed by atoms with Crippen molar-refractivity contribution in [3.05, 3.63) is 94.5 Å². The van der Waals surface area contributed by atoms with Gasteiger partial charge < -0.3 is 5.32 Å². The molecule has 24 heavy (non-hydrogen) atoms. The molecule has 118 valence electrons. The molecule has 1 amide bonds. The van der Waals surface area contributed by atoms with Gasteiger partial charge in [0.1, 0.15) is 6.17 Å². The topological polar surface area (TPSA) is 32.3 Å². The van der Waals surface area contributed by atoms with Gasteiger partial charge in [-0.1, -0.05) is 58.4 Å². The molecule has 0 fully saturated rings. The molecule has 0 aliphatic carbocycles. The van der Waals surface area contributed by atoms with Gasteiger partial charge in [0.05, 0.1) is 5.56 Å². The first-order chi connectivity index (χ1) is 11.7. The van der Waals surface area contributed by atoms with Crippen LogP contribution in [0.25, 0.3) is 0 Å². The summed E-state index contributed by atoms with van der Waals surface area (Å²) in [5.74, 6) is 0.000487. The molecule has 0 spiro atoms. The van der Waals surface area contributed by atoms with Gasteiger partial charge in [0, 0.05) is 15.8 Å². The van der Waals surface area contributed by atoms with E-state index in [1.54, 1.807) is 0 Å². The Hall–Kier alpha value is -2.59. The van der Waals surface area contributed by atoms with Crippen molar-refractivity contribution < 1.29 is 4.79 Å². The second-order valence-corrected chi connectivity index (χ2v) is 6.57. The number of nitrogens with zero attached hydrogens (tertiary/aromatic N) is 1. The third-order valence-electron chi connectivity index (χ3n) is 4.13. The number of rotatable bonds is 2. The number of carbonyl (C=O) groups excluding carboxylic acids is 1. The van der Waals surface area contributed by atoms with Gasteiger partial charge in [-0.3, -0.25) is 9.69 Å². The number of carbonyl (C=O) groups is 1. The third-order valence-corrected chi connectivity index (χ3v) is 4.62. The summed E-state index contributed by atoms with van der Waals surface area (Å²) >= 11 is 3.52. The van der Waals surface area contributed by atoms with Crippen molar-refractivity contribution in [2.75, 3.05) is 10.2 Å². The average Bonchev–Trinajstić information content (AvgIpc) is 2.62. The van der Waals surface area contributed by atoms with Crippen molar-refractivity contribution in [3.63, 3.8) is 0 Å². The Labute approximate surface area is 149 Å². The van der Waals surface area contributed by atoms with Crippen LogP contribution >= 0.6 is 15.9 Å². The Morgan fingerprint density at radius 1 is 0.875 bits per heavy atom. The predicted octanol–water partition coefficient (Wildman–Crippen LogP) is 5.22. The minimum Gasteiger partial charge on any atom is -0.360 e. The van der Waals surface area contributed by atoms with Crippen LogP contribution in [0, 0.1) is 0 Å². The number of halogens is 1. The van der Waals surface area contributed by atoms with E-state index < -0.39 is 0 Å². The van der Waals surface area contributed by atoms with Crippen molar-refractivity contribution in [2.45, 2.75) is 6.17 Å². The Balaban J connectivity index is 1.87. The van der Waals surface area contributed by atoms with E-state index in [1.807, 2.05) is 83.8 Å². The second-order valence-electron chi connectivity index (χ2n) is 5.66. The molecule has 4 heteroatoms. The maximum Gasteiger partial charge on any atom is 0.262 e. The molecule has 0 radical (unpaired) electrons. The van der Waals surface area contributed by atoms with Crippen LogP contribution in [-0.2, 0) is 0 Å². The predicted molar refractivity (Wildman–Crippen MR) is 100 cm³/mol. The van der Waals surface area contributed by atoms with Crippen molar-refractivity contribution in [3.8, 4) is 0 Å². The summed E-state index contributed by atoms with van der Waals surface area (Å²) in [6.07, 6.45) is -0.257. The first-order valence-corrected chi connectivity index (χ1v) is 8.53. The van der Waals surface area contributed by atoms with Gasteiger partial charge in [-0.15, -0.1) is 0 Å².